The fraction of sp³-hybridized carbons (Fsp3) is 0.632. The van der Waals surface area contributed by atoms with Crippen molar-refractivity contribution in [2.24, 2.45) is 34.5 Å². The molecule has 13 nitrogen and oxygen atoms in total. The highest BCUT2D eigenvalue weighted by atomic mass is 16.6. The molecule has 4 heterocycles. The average molecular weight is 702 g/mol. The van der Waals surface area contributed by atoms with Crippen molar-refractivity contribution in [3.63, 3.8) is 0 Å². The van der Waals surface area contributed by atoms with Gasteiger partial charge in [-0.3, -0.25) is 4.98 Å². The number of pyridine rings is 1. The first-order valence-corrected chi connectivity index (χ1v) is 18.3. The summed E-state index contributed by atoms with van der Waals surface area (Å²) < 4.78 is 10.4. The molecule has 0 spiro atoms. The lowest BCUT2D eigenvalue weighted by Gasteiger charge is -2.51. The number of ether oxygens (including phenoxy) is 1. The van der Waals surface area contributed by atoms with Crippen LogP contribution in [0.5, 0.6) is 0 Å². The Morgan fingerprint density at radius 1 is 1.16 bits per heavy atom. The Morgan fingerprint density at radius 3 is 2.65 bits per heavy atom. The molecule has 0 aliphatic heterocycles. The van der Waals surface area contributed by atoms with E-state index in [2.05, 4.69) is 78.4 Å². The van der Waals surface area contributed by atoms with E-state index >= 15 is 0 Å². The Kier molecular flexibility index (Phi) is 10.4. The van der Waals surface area contributed by atoms with Gasteiger partial charge >= 0.3 is 0 Å². The lowest BCUT2D eigenvalue weighted by atomic mass is 9.60. The van der Waals surface area contributed by atoms with E-state index in [0.29, 0.717) is 54.9 Å². The van der Waals surface area contributed by atoms with Gasteiger partial charge in [0.1, 0.15) is 17.5 Å². The fourth-order valence-corrected chi connectivity index (χ4v) is 9.09. The van der Waals surface area contributed by atoms with Gasteiger partial charge in [-0.05, 0) is 73.3 Å². The summed E-state index contributed by atoms with van der Waals surface area (Å²) in [5.41, 5.74) is 7.60. The predicted molar refractivity (Wildman–Crippen MR) is 195 cm³/mol. The van der Waals surface area contributed by atoms with Gasteiger partial charge in [0.15, 0.2) is 17.8 Å². The number of aromatic nitrogens is 8. The van der Waals surface area contributed by atoms with E-state index in [-0.39, 0.29) is 35.6 Å². The average Bonchev–Trinajstić information content (AvgIpc) is 3.82. The van der Waals surface area contributed by atoms with Crippen molar-refractivity contribution in [2.45, 2.75) is 117 Å². The number of nitrogens with zero attached hydrogens (tertiary/aromatic N) is 8. The molecule has 5 N–H and O–H groups in total. The smallest absolute Gasteiger partial charge is 0.175 e. The maximum atomic E-state index is 11.8. The molecule has 0 saturated heterocycles. The zero-order chi connectivity index (χ0) is 36.7. The number of fused-ring (bicyclic) bond motifs is 2. The van der Waals surface area contributed by atoms with Crippen LogP contribution in [0.1, 0.15) is 85.8 Å². The number of nitrogens with two attached hydrogens (primary N) is 1. The minimum atomic E-state index is -1.22. The second-order valence-electron chi connectivity index (χ2n) is 16.0. The van der Waals surface area contributed by atoms with Crippen LogP contribution in [0.15, 0.2) is 49.8 Å². The molecule has 2 aliphatic rings. The van der Waals surface area contributed by atoms with E-state index in [1.807, 2.05) is 22.8 Å². The molecule has 13 heteroatoms. The van der Waals surface area contributed by atoms with Gasteiger partial charge in [-0.2, -0.15) is 0 Å². The summed E-state index contributed by atoms with van der Waals surface area (Å²) in [6.45, 7) is 17.8. The topological polar surface area (TPSA) is 183 Å². The maximum Gasteiger partial charge on any atom is 0.175 e. The minimum absolute atomic E-state index is 0.0560. The summed E-state index contributed by atoms with van der Waals surface area (Å²) in [4.78, 5) is 17.3. The second kappa shape index (κ2) is 14.3. The highest BCUT2D eigenvalue weighted by molar-refractivity contribution is 5.81. The Hall–Kier alpha value is -3.78. The van der Waals surface area contributed by atoms with Gasteiger partial charge in [0.2, 0.25) is 0 Å². The largest absolute Gasteiger partial charge is 0.393 e. The number of aliphatic hydroxyl groups excluding tert-OH is 3. The first-order valence-electron chi connectivity index (χ1n) is 18.3. The predicted octanol–water partition coefficient (Wildman–Crippen LogP) is 5.02. The molecule has 10 atom stereocenters. The number of aliphatic hydroxyl groups is 3. The van der Waals surface area contributed by atoms with Gasteiger partial charge < -0.3 is 30.4 Å². The molecule has 2 saturated carbocycles. The summed E-state index contributed by atoms with van der Waals surface area (Å²) >= 11 is 0. The van der Waals surface area contributed by atoms with Crippen molar-refractivity contribution in [1.82, 2.24) is 39.5 Å². The third kappa shape index (κ3) is 7.05. The number of hydrogen-bond donors (Lipinski definition) is 4. The van der Waals surface area contributed by atoms with Gasteiger partial charge in [0.25, 0.3) is 0 Å². The normalized spacial score (nSPS) is 32.5. The van der Waals surface area contributed by atoms with Crippen LogP contribution in [0.4, 0.5) is 5.82 Å². The molecule has 0 aromatic carbocycles. The van der Waals surface area contributed by atoms with Gasteiger partial charge in [-0.15, -0.1) is 11.7 Å². The van der Waals surface area contributed by atoms with Crippen LogP contribution in [-0.2, 0) is 17.8 Å². The number of imidazole rings is 1. The molecule has 4 aromatic rings. The van der Waals surface area contributed by atoms with Crippen molar-refractivity contribution < 1.29 is 20.1 Å². The van der Waals surface area contributed by atoms with Crippen molar-refractivity contribution in [2.75, 3.05) is 5.73 Å². The van der Waals surface area contributed by atoms with Gasteiger partial charge in [0.05, 0.1) is 49.1 Å². The summed E-state index contributed by atoms with van der Waals surface area (Å²) in [5.74, 6) is 0.617. The van der Waals surface area contributed by atoms with Crippen LogP contribution in [0.25, 0.3) is 22.4 Å². The van der Waals surface area contributed by atoms with Crippen LogP contribution >= 0.6 is 0 Å². The van der Waals surface area contributed by atoms with Crippen LogP contribution in [0.3, 0.4) is 0 Å². The Morgan fingerprint density at radius 2 is 1.94 bits per heavy atom. The SMILES string of the molecule is C=C[C@]1(C)C[C@@](C[C@H](C)CC)(OC(O)Cn2cc(-c3ccc(Cn4cnc5c(N)ncnc54)nc3)nn2)[C@H](C)[C@@H]2C(O)CC[C@@]2(C)[C@@H](C)C[C@@H]1O. The summed E-state index contributed by atoms with van der Waals surface area (Å²) in [6.07, 6.45) is 10.4. The van der Waals surface area contributed by atoms with Crippen molar-refractivity contribution in [3.05, 3.63) is 55.5 Å². The molecule has 6 rings (SSSR count). The molecule has 4 aromatic heterocycles. The monoisotopic (exact) mass is 701 g/mol. The molecule has 276 valence electrons. The zero-order valence-electron chi connectivity index (χ0n) is 30.9. The van der Waals surface area contributed by atoms with E-state index < -0.39 is 29.5 Å². The van der Waals surface area contributed by atoms with E-state index in [9.17, 15) is 15.3 Å². The molecule has 51 heavy (non-hydrogen) atoms. The lowest BCUT2D eigenvalue weighted by molar-refractivity contribution is -0.241. The number of rotatable bonds is 11. The van der Waals surface area contributed by atoms with Crippen LogP contribution in [0, 0.1) is 34.5 Å². The third-order valence-corrected chi connectivity index (χ3v) is 12.7. The Labute approximate surface area is 300 Å². The fourth-order valence-electron chi connectivity index (χ4n) is 9.09. The quantitative estimate of drug-likeness (QED) is 0.122. The molecule has 0 amide bonds. The van der Waals surface area contributed by atoms with Crippen molar-refractivity contribution in [3.8, 4) is 11.3 Å². The Bertz CT molecular complexity index is 1810. The summed E-state index contributed by atoms with van der Waals surface area (Å²) in [6, 6.07) is 3.84. The van der Waals surface area contributed by atoms with Crippen molar-refractivity contribution >= 4 is 17.0 Å². The molecule has 2 unspecified atom stereocenters. The minimum Gasteiger partial charge on any atom is -0.393 e. The molecule has 0 bridgehead atoms. The van der Waals surface area contributed by atoms with E-state index in [4.69, 9.17) is 10.5 Å². The molecular formula is C38H55N9O4. The first-order chi connectivity index (χ1) is 24.2. The van der Waals surface area contributed by atoms with Crippen molar-refractivity contribution in [1.29, 1.82) is 0 Å². The summed E-state index contributed by atoms with van der Waals surface area (Å²) in [7, 11) is 0. The van der Waals surface area contributed by atoms with Crippen LogP contribution < -0.4 is 5.73 Å². The van der Waals surface area contributed by atoms with Crippen LogP contribution in [0.2, 0.25) is 0 Å². The Balaban J connectivity index is 1.23. The van der Waals surface area contributed by atoms with E-state index in [1.165, 1.54) is 6.33 Å². The molecule has 2 fully saturated rings. The highest BCUT2D eigenvalue weighted by Crippen LogP contribution is 2.59. The van der Waals surface area contributed by atoms with E-state index in [0.717, 1.165) is 24.1 Å². The van der Waals surface area contributed by atoms with Crippen LogP contribution in [-0.4, -0.2) is 78.9 Å². The third-order valence-electron chi connectivity index (χ3n) is 12.7. The molecular weight excluding hydrogens is 646 g/mol. The lowest BCUT2D eigenvalue weighted by Crippen LogP contribution is -2.54. The first kappa shape index (κ1) is 37.0. The second-order valence-corrected chi connectivity index (χ2v) is 16.0. The highest BCUT2D eigenvalue weighted by Gasteiger charge is 2.59. The van der Waals surface area contributed by atoms with Gasteiger partial charge in [0, 0.05) is 17.2 Å². The molecule has 0 radical (unpaired) electrons. The standard InChI is InChI=1S/C38H55N9O4/c1-8-23(3)15-38(20-36(6,9-2)30(49)14-24(4)37(7)13-12-29(48)32(37)25(38)5)51-31(50)19-47-18-28(44-45-47)26-10-11-27(40-16-26)17-46-22-43-33-34(39)41-21-42-35(33)46/h9-11,16,18,21-25,29-32,48-50H,2,8,12-15,17,19-20H2,1,3-7H3,(H2,39,41,42)/t23-,24+,25-,29?,30+,31?,32-,36-,37+,38-/m1/s1. The van der Waals surface area contributed by atoms with Gasteiger partial charge in [-0.25, -0.2) is 19.6 Å². The van der Waals surface area contributed by atoms with E-state index in [1.54, 1.807) is 23.4 Å². The van der Waals surface area contributed by atoms with Gasteiger partial charge in [-0.1, -0.05) is 59.3 Å². The maximum absolute atomic E-state index is 11.8. The number of nitrogen functional groups attached to an aromatic ring is 1. The summed E-state index contributed by atoms with van der Waals surface area (Å²) in [5, 5.41) is 43.7. The number of anilines is 1. The number of hydrogen-bond acceptors (Lipinski definition) is 11. The molecule has 2 aliphatic carbocycles. The zero-order valence-corrected chi connectivity index (χ0v) is 30.9.